The monoisotopic (exact) mass is 547 g/mol. The number of nitrogens with zero attached hydrogens (tertiary/aromatic N) is 5. The van der Waals surface area contributed by atoms with Gasteiger partial charge in [-0.05, 0) is 94.7 Å². The molecule has 10 heteroatoms. The number of hydrogen-bond donors (Lipinski definition) is 2. The number of aromatic nitrogens is 3. The number of rotatable bonds is 11. The lowest BCUT2D eigenvalue weighted by Gasteiger charge is -2.37. The zero-order chi connectivity index (χ0) is 28.1. The number of likely N-dealkylation sites (tertiary alicyclic amines) is 1. The van der Waals surface area contributed by atoms with E-state index in [0.717, 1.165) is 43.5 Å². The summed E-state index contributed by atoms with van der Waals surface area (Å²) in [4.78, 5) is 30.9. The smallest absolute Gasteiger partial charge is 0.251 e. The molecule has 2 amide bonds. The molecule has 5 rings (SSSR count). The van der Waals surface area contributed by atoms with Gasteiger partial charge in [0.15, 0.2) is 0 Å². The Morgan fingerprint density at radius 2 is 1.80 bits per heavy atom. The quantitative estimate of drug-likeness (QED) is 0.359. The van der Waals surface area contributed by atoms with Crippen molar-refractivity contribution in [1.29, 1.82) is 0 Å². The third-order valence-electron chi connectivity index (χ3n) is 8.09. The Morgan fingerprint density at radius 3 is 2.45 bits per heavy atom. The minimum atomic E-state index is -0.590. The van der Waals surface area contributed by atoms with Gasteiger partial charge in [-0.1, -0.05) is 17.3 Å². The van der Waals surface area contributed by atoms with E-state index < -0.39 is 6.04 Å². The summed E-state index contributed by atoms with van der Waals surface area (Å²) in [6.07, 6.45) is 7.52. The lowest BCUT2D eigenvalue weighted by Crippen LogP contribution is -2.52. The Balaban J connectivity index is 1.17. The van der Waals surface area contributed by atoms with Gasteiger partial charge in [0.25, 0.3) is 5.91 Å². The van der Waals surface area contributed by atoms with Gasteiger partial charge in [-0.15, -0.1) is 5.10 Å². The lowest BCUT2D eigenvalue weighted by atomic mass is 10.0. The molecule has 9 nitrogen and oxygen atoms in total. The van der Waals surface area contributed by atoms with Crippen molar-refractivity contribution in [2.45, 2.75) is 56.1 Å². The van der Waals surface area contributed by atoms with Gasteiger partial charge in [0, 0.05) is 36.7 Å². The van der Waals surface area contributed by atoms with Crippen LogP contribution in [0.4, 0.5) is 4.39 Å². The summed E-state index contributed by atoms with van der Waals surface area (Å²) in [7, 11) is 4.15. The van der Waals surface area contributed by atoms with Crippen molar-refractivity contribution in [3.63, 3.8) is 0 Å². The number of carbonyl (C=O) groups is 2. The van der Waals surface area contributed by atoms with Crippen molar-refractivity contribution < 1.29 is 14.0 Å². The van der Waals surface area contributed by atoms with E-state index in [1.165, 1.54) is 12.1 Å². The average molecular weight is 548 g/mol. The van der Waals surface area contributed by atoms with Crippen LogP contribution in [0, 0.1) is 5.82 Å². The zero-order valence-corrected chi connectivity index (χ0v) is 23.2. The Morgan fingerprint density at radius 1 is 1.07 bits per heavy atom. The third kappa shape index (κ3) is 6.92. The van der Waals surface area contributed by atoms with Gasteiger partial charge in [0.2, 0.25) is 5.91 Å². The molecule has 2 heterocycles. The van der Waals surface area contributed by atoms with Crippen LogP contribution < -0.4 is 10.6 Å². The molecule has 3 atom stereocenters. The Hall–Kier alpha value is -3.63. The number of piperidine rings is 1. The highest BCUT2D eigenvalue weighted by Crippen LogP contribution is 2.40. The fraction of sp³-hybridized carbons (Fsp3) is 0.467. The fourth-order valence-electron chi connectivity index (χ4n) is 5.53. The molecule has 1 unspecified atom stereocenters. The molecule has 1 saturated carbocycles. The van der Waals surface area contributed by atoms with Crippen LogP contribution in [0.3, 0.4) is 0 Å². The molecular formula is C30H38FN7O2. The fourth-order valence-corrected chi connectivity index (χ4v) is 5.53. The summed E-state index contributed by atoms with van der Waals surface area (Å²) in [6, 6.07) is 14.1. The van der Waals surface area contributed by atoms with Crippen molar-refractivity contribution in [2.75, 3.05) is 33.7 Å². The average Bonchev–Trinajstić information content (AvgIpc) is 3.53. The van der Waals surface area contributed by atoms with Gasteiger partial charge < -0.3 is 20.4 Å². The number of carbonyl (C=O) groups excluding carboxylic acids is 2. The maximum atomic E-state index is 13.6. The van der Waals surface area contributed by atoms with Crippen LogP contribution in [-0.4, -0.2) is 88.5 Å². The minimum absolute atomic E-state index is 0.0135. The normalized spacial score (nSPS) is 19.9. The second-order valence-corrected chi connectivity index (χ2v) is 11.0. The number of halogens is 1. The first-order valence-corrected chi connectivity index (χ1v) is 14.1. The third-order valence-corrected chi connectivity index (χ3v) is 8.09. The molecule has 2 aliphatic rings. The van der Waals surface area contributed by atoms with Gasteiger partial charge in [-0.25, -0.2) is 9.07 Å². The second-order valence-electron chi connectivity index (χ2n) is 11.0. The van der Waals surface area contributed by atoms with Crippen LogP contribution >= 0.6 is 0 Å². The standard InChI is InChI=1S/C30H38FN7O2/c1-36(2)24-13-17-37(18-14-24)30(40)27(4-3-15-32-28-20-26(28)21-5-9-23(31)10-6-21)34-29(39)22-7-11-25(12-8-22)38-19-16-33-35-38/h5-12,16,19,24,26-28,32H,3-4,13-15,17-18,20H2,1-2H3,(H,34,39)/t26-,27?,28+/m0/s1. The first kappa shape index (κ1) is 27.9. The van der Waals surface area contributed by atoms with Gasteiger partial charge >= 0.3 is 0 Å². The van der Waals surface area contributed by atoms with E-state index in [2.05, 4.69) is 39.9 Å². The van der Waals surface area contributed by atoms with Gasteiger partial charge in [-0.3, -0.25) is 9.59 Å². The molecular weight excluding hydrogens is 509 g/mol. The lowest BCUT2D eigenvalue weighted by molar-refractivity contribution is -0.135. The van der Waals surface area contributed by atoms with Crippen LogP contribution in [-0.2, 0) is 4.79 Å². The number of benzene rings is 2. The molecule has 1 aliphatic heterocycles. The van der Waals surface area contributed by atoms with Crippen LogP contribution in [0.25, 0.3) is 5.69 Å². The van der Waals surface area contributed by atoms with Crippen molar-refractivity contribution >= 4 is 11.8 Å². The van der Waals surface area contributed by atoms with Crippen molar-refractivity contribution in [3.05, 3.63) is 77.9 Å². The topological polar surface area (TPSA) is 95.4 Å². The summed E-state index contributed by atoms with van der Waals surface area (Å²) in [5, 5.41) is 14.4. The predicted molar refractivity (Wildman–Crippen MR) is 151 cm³/mol. The molecule has 2 fully saturated rings. The molecule has 0 spiro atoms. The van der Waals surface area contributed by atoms with Crippen molar-refractivity contribution in [3.8, 4) is 5.69 Å². The van der Waals surface area contributed by atoms with E-state index in [1.54, 1.807) is 29.2 Å². The molecule has 212 valence electrons. The Bertz CT molecular complexity index is 1260. The van der Waals surface area contributed by atoms with Crippen LogP contribution in [0.15, 0.2) is 60.9 Å². The summed E-state index contributed by atoms with van der Waals surface area (Å²) < 4.78 is 14.9. The summed E-state index contributed by atoms with van der Waals surface area (Å²) in [5.41, 5.74) is 2.44. The maximum absolute atomic E-state index is 13.6. The molecule has 0 bridgehead atoms. The van der Waals surface area contributed by atoms with E-state index in [9.17, 15) is 14.0 Å². The Labute approximate surface area is 234 Å². The van der Waals surface area contributed by atoms with E-state index >= 15 is 0 Å². The number of hydrogen-bond acceptors (Lipinski definition) is 6. The Kier molecular flexibility index (Phi) is 8.86. The van der Waals surface area contributed by atoms with Crippen LogP contribution in [0.1, 0.15) is 53.9 Å². The maximum Gasteiger partial charge on any atom is 0.251 e. The van der Waals surface area contributed by atoms with Gasteiger partial charge in [-0.2, -0.15) is 0 Å². The highest BCUT2D eigenvalue weighted by molar-refractivity contribution is 5.97. The summed E-state index contributed by atoms with van der Waals surface area (Å²) in [5.74, 6) is -0.0985. The number of nitrogens with one attached hydrogen (secondary N) is 2. The molecule has 1 saturated heterocycles. The predicted octanol–water partition coefficient (Wildman–Crippen LogP) is 2.98. The first-order valence-electron chi connectivity index (χ1n) is 14.1. The largest absolute Gasteiger partial charge is 0.341 e. The molecule has 1 aliphatic carbocycles. The van der Waals surface area contributed by atoms with Crippen LogP contribution in [0.2, 0.25) is 0 Å². The SMILES string of the molecule is CN(C)C1CCN(C(=O)C(CCCN[C@@H]2C[C@H]2c2ccc(F)cc2)NC(=O)c2ccc(-n3ccnn3)cc2)CC1. The number of amides is 2. The highest BCUT2D eigenvalue weighted by Gasteiger charge is 2.37. The van der Waals surface area contributed by atoms with E-state index in [-0.39, 0.29) is 17.6 Å². The second kappa shape index (κ2) is 12.7. The van der Waals surface area contributed by atoms with E-state index in [4.69, 9.17) is 0 Å². The summed E-state index contributed by atoms with van der Waals surface area (Å²) >= 11 is 0. The molecule has 0 radical (unpaired) electrons. The molecule has 2 N–H and O–H groups in total. The highest BCUT2D eigenvalue weighted by atomic mass is 19.1. The minimum Gasteiger partial charge on any atom is -0.341 e. The molecule has 3 aromatic rings. The van der Waals surface area contributed by atoms with E-state index in [0.29, 0.717) is 43.1 Å². The van der Waals surface area contributed by atoms with Gasteiger partial charge in [0.1, 0.15) is 11.9 Å². The zero-order valence-electron chi connectivity index (χ0n) is 23.2. The van der Waals surface area contributed by atoms with Gasteiger partial charge in [0.05, 0.1) is 18.1 Å². The molecule has 1 aromatic heterocycles. The van der Waals surface area contributed by atoms with Crippen molar-refractivity contribution in [2.24, 2.45) is 0 Å². The van der Waals surface area contributed by atoms with Crippen LogP contribution in [0.5, 0.6) is 0 Å². The van der Waals surface area contributed by atoms with E-state index in [1.807, 2.05) is 29.2 Å². The first-order chi connectivity index (χ1) is 19.4. The molecule has 2 aromatic carbocycles. The van der Waals surface area contributed by atoms with Crippen molar-refractivity contribution in [1.82, 2.24) is 35.4 Å². The summed E-state index contributed by atoms with van der Waals surface area (Å²) in [6.45, 7) is 2.14. The molecule has 40 heavy (non-hydrogen) atoms.